The molecule has 102 valence electrons. The van der Waals surface area contributed by atoms with E-state index in [0.717, 1.165) is 31.6 Å². The summed E-state index contributed by atoms with van der Waals surface area (Å²) in [5, 5.41) is 0. The number of carbonyl (C=O) groups excluding carboxylic acids is 1. The summed E-state index contributed by atoms with van der Waals surface area (Å²) in [5.41, 5.74) is 6.24. The van der Waals surface area contributed by atoms with Gasteiger partial charge in [0.2, 0.25) is 5.91 Å². The van der Waals surface area contributed by atoms with Gasteiger partial charge in [0.15, 0.2) is 0 Å². The molecule has 0 aliphatic carbocycles. The van der Waals surface area contributed by atoms with Crippen LogP contribution in [-0.2, 0) is 11.3 Å². The Labute approximate surface area is 117 Å². The van der Waals surface area contributed by atoms with Crippen LogP contribution >= 0.6 is 12.2 Å². The highest BCUT2D eigenvalue weighted by molar-refractivity contribution is 7.80. The maximum absolute atomic E-state index is 12.2. The van der Waals surface area contributed by atoms with Crippen molar-refractivity contribution in [3.8, 4) is 0 Å². The number of hydrogen-bond donors (Lipinski definition) is 1. The maximum atomic E-state index is 12.2. The fourth-order valence-corrected chi connectivity index (χ4v) is 2.41. The quantitative estimate of drug-likeness (QED) is 0.814. The number of thiocarbonyl (C=S) groups is 1. The number of amides is 1. The molecule has 0 saturated carbocycles. The zero-order valence-electron chi connectivity index (χ0n) is 10.9. The molecular formula is C13H17N3O2S. The lowest BCUT2D eigenvalue weighted by Crippen LogP contribution is -2.37. The Bertz CT molecular complexity index is 574. The molecule has 2 N–H and O–H groups in total. The summed E-state index contributed by atoms with van der Waals surface area (Å²) in [5.74, 6) is -0.0252. The lowest BCUT2D eigenvalue weighted by atomic mass is 10.2. The van der Waals surface area contributed by atoms with Crippen molar-refractivity contribution in [1.29, 1.82) is 0 Å². The Morgan fingerprint density at radius 2 is 2.00 bits per heavy atom. The van der Waals surface area contributed by atoms with Gasteiger partial charge in [0.25, 0.3) is 5.56 Å². The average molecular weight is 279 g/mol. The van der Waals surface area contributed by atoms with Gasteiger partial charge < -0.3 is 15.2 Å². The molecule has 2 heterocycles. The van der Waals surface area contributed by atoms with E-state index in [1.807, 2.05) is 0 Å². The van der Waals surface area contributed by atoms with Crippen LogP contribution in [0.25, 0.3) is 0 Å². The maximum Gasteiger partial charge on any atom is 0.261 e. The van der Waals surface area contributed by atoms with Crippen LogP contribution in [0.15, 0.2) is 16.9 Å². The summed E-state index contributed by atoms with van der Waals surface area (Å²) in [6, 6.07) is 3.37. The third-order valence-electron chi connectivity index (χ3n) is 3.41. The Kier molecular flexibility index (Phi) is 3.99. The molecule has 1 aliphatic rings. The minimum atomic E-state index is -0.292. The van der Waals surface area contributed by atoms with Crippen molar-refractivity contribution < 1.29 is 4.79 Å². The molecule has 0 bridgehead atoms. The third-order valence-corrected chi connectivity index (χ3v) is 3.63. The van der Waals surface area contributed by atoms with Gasteiger partial charge in [-0.1, -0.05) is 12.2 Å². The first-order chi connectivity index (χ1) is 9.00. The molecule has 6 heteroatoms. The molecule has 1 fully saturated rings. The Morgan fingerprint density at radius 3 is 2.58 bits per heavy atom. The molecule has 19 heavy (non-hydrogen) atoms. The van der Waals surface area contributed by atoms with Crippen LogP contribution in [0.5, 0.6) is 0 Å². The summed E-state index contributed by atoms with van der Waals surface area (Å²) in [4.78, 5) is 26.2. The number of hydrogen-bond acceptors (Lipinski definition) is 3. The number of aromatic nitrogens is 1. The molecule has 5 nitrogen and oxygen atoms in total. The molecule has 0 unspecified atom stereocenters. The minimum absolute atomic E-state index is 0.0252. The van der Waals surface area contributed by atoms with E-state index in [9.17, 15) is 9.59 Å². The lowest BCUT2D eigenvalue weighted by molar-refractivity contribution is -0.130. The number of pyridine rings is 1. The molecule has 1 aromatic heterocycles. The second-order valence-electron chi connectivity index (χ2n) is 4.73. The number of rotatable bonds is 3. The number of nitrogens with zero attached hydrogens (tertiary/aromatic N) is 2. The van der Waals surface area contributed by atoms with Crippen molar-refractivity contribution in [1.82, 2.24) is 9.47 Å². The zero-order chi connectivity index (χ0) is 14.0. The Hall–Kier alpha value is -1.69. The van der Waals surface area contributed by atoms with Crippen molar-refractivity contribution >= 4 is 23.1 Å². The summed E-state index contributed by atoms with van der Waals surface area (Å²) in [6.45, 7) is 3.41. The van der Waals surface area contributed by atoms with E-state index in [-0.39, 0.29) is 28.6 Å². The van der Waals surface area contributed by atoms with E-state index in [4.69, 9.17) is 18.0 Å². The average Bonchev–Trinajstić information content (AvgIpc) is 2.87. The molecule has 1 amide bonds. The van der Waals surface area contributed by atoms with Crippen LogP contribution in [0, 0.1) is 6.92 Å². The molecule has 2 rings (SSSR count). The van der Waals surface area contributed by atoms with Crippen LogP contribution in [0.3, 0.4) is 0 Å². The molecule has 1 aromatic rings. The molecule has 1 saturated heterocycles. The van der Waals surface area contributed by atoms with E-state index < -0.39 is 0 Å². The van der Waals surface area contributed by atoms with E-state index in [0.29, 0.717) is 0 Å². The van der Waals surface area contributed by atoms with E-state index in [1.54, 1.807) is 24.0 Å². The molecule has 0 spiro atoms. The van der Waals surface area contributed by atoms with Gasteiger partial charge in [0.1, 0.15) is 11.5 Å². The van der Waals surface area contributed by atoms with Crippen LogP contribution in [-0.4, -0.2) is 33.5 Å². The van der Waals surface area contributed by atoms with Crippen molar-refractivity contribution in [3.63, 3.8) is 0 Å². The van der Waals surface area contributed by atoms with Gasteiger partial charge in [-0.25, -0.2) is 0 Å². The number of likely N-dealkylation sites (tertiary alicyclic amines) is 1. The smallest absolute Gasteiger partial charge is 0.261 e. The third kappa shape index (κ3) is 2.84. The minimum Gasteiger partial charge on any atom is -0.389 e. The van der Waals surface area contributed by atoms with E-state index in [2.05, 4.69) is 0 Å². The lowest BCUT2D eigenvalue weighted by Gasteiger charge is -2.17. The fourth-order valence-electron chi connectivity index (χ4n) is 2.26. The first kappa shape index (κ1) is 13.7. The summed E-state index contributed by atoms with van der Waals surface area (Å²) >= 11 is 4.84. The summed E-state index contributed by atoms with van der Waals surface area (Å²) in [7, 11) is 0. The normalized spacial score (nSPS) is 14.7. The van der Waals surface area contributed by atoms with Gasteiger partial charge in [-0.15, -0.1) is 0 Å². The predicted octanol–water partition coefficient (Wildman–Crippen LogP) is 0.413. The van der Waals surface area contributed by atoms with Crippen molar-refractivity contribution in [2.75, 3.05) is 13.1 Å². The zero-order valence-corrected chi connectivity index (χ0v) is 11.7. The van der Waals surface area contributed by atoms with Crippen molar-refractivity contribution in [2.45, 2.75) is 26.3 Å². The van der Waals surface area contributed by atoms with Crippen LogP contribution < -0.4 is 11.3 Å². The highest BCUT2D eigenvalue weighted by Gasteiger charge is 2.19. The van der Waals surface area contributed by atoms with Gasteiger partial charge in [-0.05, 0) is 31.9 Å². The second-order valence-corrected chi connectivity index (χ2v) is 5.17. The first-order valence-corrected chi connectivity index (χ1v) is 6.69. The van der Waals surface area contributed by atoms with Crippen molar-refractivity contribution in [3.05, 3.63) is 33.7 Å². The van der Waals surface area contributed by atoms with Gasteiger partial charge >= 0.3 is 0 Å². The Morgan fingerprint density at radius 1 is 1.37 bits per heavy atom. The van der Waals surface area contributed by atoms with Gasteiger partial charge in [-0.2, -0.15) is 0 Å². The number of carbonyl (C=O) groups is 1. The van der Waals surface area contributed by atoms with E-state index in [1.165, 1.54) is 4.57 Å². The number of aryl methyl sites for hydroxylation is 1. The molecule has 0 atom stereocenters. The van der Waals surface area contributed by atoms with E-state index >= 15 is 0 Å². The summed E-state index contributed by atoms with van der Waals surface area (Å²) < 4.78 is 1.44. The van der Waals surface area contributed by atoms with Crippen molar-refractivity contribution in [2.24, 2.45) is 5.73 Å². The van der Waals surface area contributed by atoms with Crippen LogP contribution in [0.2, 0.25) is 0 Å². The number of nitrogens with two attached hydrogens (primary N) is 1. The molecular weight excluding hydrogens is 262 g/mol. The molecule has 0 radical (unpaired) electrons. The monoisotopic (exact) mass is 279 g/mol. The predicted molar refractivity (Wildman–Crippen MR) is 77.1 cm³/mol. The largest absolute Gasteiger partial charge is 0.389 e. The van der Waals surface area contributed by atoms with Gasteiger partial charge in [-0.3, -0.25) is 9.59 Å². The standard InChI is InChI=1S/C13H17N3O2S/c1-9-4-5-10(12(14)19)13(18)16(9)8-11(17)15-6-2-3-7-15/h4-5H,2-3,6-8H2,1H3,(H2,14,19). The SMILES string of the molecule is Cc1ccc(C(N)=S)c(=O)n1CC(=O)N1CCCC1. The molecule has 1 aliphatic heterocycles. The highest BCUT2D eigenvalue weighted by atomic mass is 32.1. The first-order valence-electron chi connectivity index (χ1n) is 6.28. The fraction of sp³-hybridized carbons (Fsp3) is 0.462. The highest BCUT2D eigenvalue weighted by Crippen LogP contribution is 2.08. The Balaban J connectivity index is 2.29. The van der Waals surface area contributed by atoms with Gasteiger partial charge in [0.05, 0.1) is 5.56 Å². The topological polar surface area (TPSA) is 68.3 Å². The second kappa shape index (κ2) is 5.52. The van der Waals surface area contributed by atoms with Crippen LogP contribution in [0.1, 0.15) is 24.1 Å². The molecule has 0 aromatic carbocycles. The van der Waals surface area contributed by atoms with Crippen LogP contribution in [0.4, 0.5) is 0 Å². The van der Waals surface area contributed by atoms with Gasteiger partial charge in [0, 0.05) is 18.8 Å². The summed E-state index contributed by atoms with van der Waals surface area (Å²) in [6.07, 6.45) is 2.07.